The lowest BCUT2D eigenvalue weighted by atomic mass is 9.98. The topological polar surface area (TPSA) is 76.1 Å². The molecule has 3 aromatic carbocycles. The van der Waals surface area contributed by atoms with E-state index in [9.17, 15) is 27.9 Å². The van der Waals surface area contributed by atoms with Gasteiger partial charge in [-0.25, -0.2) is 9.59 Å². The van der Waals surface area contributed by atoms with E-state index in [2.05, 4.69) is 4.74 Å². The highest BCUT2D eigenvalue weighted by Crippen LogP contribution is 2.44. The lowest BCUT2D eigenvalue weighted by Crippen LogP contribution is -2.44. The molecule has 0 aliphatic heterocycles. The molecule has 0 unspecified atom stereocenters. The van der Waals surface area contributed by atoms with E-state index in [1.807, 2.05) is 48.5 Å². The average Bonchev–Trinajstić information content (AvgIpc) is 3.14. The molecule has 0 bridgehead atoms. The Balaban J connectivity index is 1.43. The fourth-order valence-corrected chi connectivity index (χ4v) is 4.26. The Kier molecular flexibility index (Phi) is 6.68. The second-order valence-corrected chi connectivity index (χ2v) is 8.16. The average molecular weight is 485 g/mol. The van der Waals surface area contributed by atoms with E-state index in [0.717, 1.165) is 39.3 Å². The zero-order chi connectivity index (χ0) is 25.2. The number of hydrogen-bond donors (Lipinski definition) is 1. The van der Waals surface area contributed by atoms with Crippen LogP contribution in [0.3, 0.4) is 0 Å². The number of carboxylic acids is 1. The van der Waals surface area contributed by atoms with Crippen LogP contribution in [-0.2, 0) is 16.0 Å². The lowest BCUT2D eigenvalue weighted by molar-refractivity contribution is -0.274. The molecule has 1 amide bonds. The van der Waals surface area contributed by atoms with Crippen molar-refractivity contribution < 1.29 is 37.3 Å². The fraction of sp³-hybridized carbons (Fsp3) is 0.231. The van der Waals surface area contributed by atoms with Crippen LogP contribution in [0.4, 0.5) is 18.0 Å². The van der Waals surface area contributed by atoms with Gasteiger partial charge in [0.1, 0.15) is 18.4 Å². The summed E-state index contributed by atoms with van der Waals surface area (Å²) in [5.41, 5.74) is 4.61. The van der Waals surface area contributed by atoms with Crippen LogP contribution in [0, 0.1) is 0 Å². The van der Waals surface area contributed by atoms with Crippen molar-refractivity contribution in [3.05, 3.63) is 89.5 Å². The molecule has 182 valence electrons. The van der Waals surface area contributed by atoms with Gasteiger partial charge < -0.3 is 14.6 Å². The molecule has 1 aliphatic carbocycles. The van der Waals surface area contributed by atoms with Crippen LogP contribution in [0.5, 0.6) is 5.75 Å². The molecule has 0 spiro atoms. The Labute approximate surface area is 199 Å². The van der Waals surface area contributed by atoms with E-state index in [0.29, 0.717) is 5.56 Å². The van der Waals surface area contributed by atoms with Gasteiger partial charge in [-0.15, -0.1) is 13.2 Å². The molecule has 3 aromatic rings. The van der Waals surface area contributed by atoms with Gasteiger partial charge in [-0.05, 0) is 39.9 Å². The summed E-state index contributed by atoms with van der Waals surface area (Å²) < 4.78 is 46.4. The van der Waals surface area contributed by atoms with Crippen molar-refractivity contribution in [2.75, 3.05) is 13.7 Å². The largest absolute Gasteiger partial charge is 0.573 e. The summed E-state index contributed by atoms with van der Waals surface area (Å²) in [5, 5.41) is 9.68. The molecule has 0 heterocycles. The van der Waals surface area contributed by atoms with Crippen LogP contribution in [0.2, 0.25) is 0 Å². The number of hydrogen-bond acceptors (Lipinski definition) is 4. The summed E-state index contributed by atoms with van der Waals surface area (Å²) >= 11 is 0. The number of ether oxygens (including phenoxy) is 2. The van der Waals surface area contributed by atoms with Gasteiger partial charge in [0, 0.05) is 19.4 Å². The normalized spacial score (nSPS) is 13.5. The van der Waals surface area contributed by atoms with E-state index in [-0.39, 0.29) is 18.9 Å². The van der Waals surface area contributed by atoms with Gasteiger partial charge in [0.05, 0.1) is 0 Å². The second-order valence-electron chi connectivity index (χ2n) is 8.16. The molecule has 35 heavy (non-hydrogen) atoms. The van der Waals surface area contributed by atoms with Crippen molar-refractivity contribution in [3.63, 3.8) is 0 Å². The molecule has 0 saturated carbocycles. The van der Waals surface area contributed by atoms with E-state index in [1.54, 1.807) is 0 Å². The standard InChI is InChI=1S/C26H22F3NO5/c1-30(23(24(31)32)14-16-10-12-17(13-11-16)35-26(27,28)29)25(33)34-15-22-20-8-4-2-6-18(20)19-7-3-5-9-21(19)22/h2-13,22-23H,14-15H2,1H3,(H,31,32)/t23-/m0/s1. The van der Waals surface area contributed by atoms with Crippen molar-refractivity contribution in [3.8, 4) is 16.9 Å². The monoisotopic (exact) mass is 485 g/mol. The summed E-state index contributed by atoms with van der Waals surface area (Å²) in [6.45, 7) is 0.0347. The molecule has 1 N–H and O–H groups in total. The quantitative estimate of drug-likeness (QED) is 0.481. The SMILES string of the molecule is CN(C(=O)OCC1c2ccccc2-c2ccccc21)[C@@H](Cc1ccc(OC(F)(F)F)cc1)C(=O)O. The number of nitrogens with zero attached hydrogens (tertiary/aromatic N) is 1. The number of aliphatic carboxylic acids is 1. The molecule has 1 atom stereocenters. The number of likely N-dealkylation sites (N-methyl/N-ethyl adjacent to an activating group) is 1. The van der Waals surface area contributed by atoms with E-state index < -0.39 is 30.2 Å². The van der Waals surface area contributed by atoms with E-state index in [1.165, 1.54) is 19.2 Å². The Morgan fingerprint density at radius 1 is 0.943 bits per heavy atom. The number of rotatable bonds is 7. The molecule has 1 aliphatic rings. The highest BCUT2D eigenvalue weighted by atomic mass is 19.4. The summed E-state index contributed by atoms with van der Waals surface area (Å²) in [5.74, 6) is -1.86. The molecule has 4 rings (SSSR count). The Morgan fingerprint density at radius 3 is 2.00 bits per heavy atom. The minimum Gasteiger partial charge on any atom is -0.480 e. The van der Waals surface area contributed by atoms with Gasteiger partial charge in [0.15, 0.2) is 0 Å². The van der Waals surface area contributed by atoms with Crippen LogP contribution >= 0.6 is 0 Å². The van der Waals surface area contributed by atoms with Crippen LogP contribution in [0.25, 0.3) is 11.1 Å². The van der Waals surface area contributed by atoms with Gasteiger partial charge >= 0.3 is 18.4 Å². The number of carboxylic acid groups (broad SMARTS) is 1. The molecule has 0 aromatic heterocycles. The van der Waals surface area contributed by atoms with Crippen LogP contribution in [0.1, 0.15) is 22.6 Å². The van der Waals surface area contributed by atoms with Crippen molar-refractivity contribution in [1.82, 2.24) is 4.90 Å². The zero-order valence-electron chi connectivity index (χ0n) is 18.7. The number of alkyl halides is 3. The first kappa shape index (κ1) is 24.1. The molecule has 6 nitrogen and oxygen atoms in total. The molecular weight excluding hydrogens is 463 g/mol. The van der Waals surface area contributed by atoms with Crippen LogP contribution in [0.15, 0.2) is 72.8 Å². The first-order chi connectivity index (χ1) is 16.6. The van der Waals surface area contributed by atoms with Gasteiger partial charge in [-0.1, -0.05) is 60.7 Å². The van der Waals surface area contributed by atoms with Gasteiger partial charge in [-0.3, -0.25) is 4.90 Å². The minimum atomic E-state index is -4.82. The van der Waals surface area contributed by atoms with Crippen molar-refractivity contribution in [2.45, 2.75) is 24.7 Å². The number of carbonyl (C=O) groups is 2. The van der Waals surface area contributed by atoms with Gasteiger partial charge in [-0.2, -0.15) is 0 Å². The highest BCUT2D eigenvalue weighted by Gasteiger charge is 2.33. The fourth-order valence-electron chi connectivity index (χ4n) is 4.26. The van der Waals surface area contributed by atoms with Crippen LogP contribution < -0.4 is 4.74 Å². The van der Waals surface area contributed by atoms with Crippen LogP contribution in [-0.4, -0.2) is 48.1 Å². The Hall–Kier alpha value is -4.01. The molecule has 9 heteroatoms. The van der Waals surface area contributed by atoms with Gasteiger partial charge in [0.2, 0.25) is 0 Å². The minimum absolute atomic E-state index is 0.0347. The first-order valence-corrected chi connectivity index (χ1v) is 10.8. The number of benzene rings is 3. The van der Waals surface area contributed by atoms with Crippen molar-refractivity contribution >= 4 is 12.1 Å². The van der Waals surface area contributed by atoms with Crippen molar-refractivity contribution in [2.24, 2.45) is 0 Å². The number of amides is 1. The molecular formula is C26H22F3NO5. The second kappa shape index (κ2) is 9.69. The zero-order valence-corrected chi connectivity index (χ0v) is 18.7. The van der Waals surface area contributed by atoms with E-state index >= 15 is 0 Å². The summed E-state index contributed by atoms with van der Waals surface area (Å²) in [4.78, 5) is 25.6. The van der Waals surface area contributed by atoms with Gasteiger partial charge in [0.25, 0.3) is 0 Å². The molecule has 0 radical (unpaired) electrons. The predicted molar refractivity (Wildman–Crippen MR) is 121 cm³/mol. The highest BCUT2D eigenvalue weighted by molar-refractivity contribution is 5.81. The summed E-state index contributed by atoms with van der Waals surface area (Å²) in [7, 11) is 1.32. The smallest absolute Gasteiger partial charge is 0.480 e. The summed E-state index contributed by atoms with van der Waals surface area (Å²) in [6, 6.07) is 19.2. The Bertz CT molecular complexity index is 1180. The number of halogens is 3. The third-order valence-electron chi connectivity index (χ3n) is 5.96. The Morgan fingerprint density at radius 2 is 1.49 bits per heavy atom. The first-order valence-electron chi connectivity index (χ1n) is 10.8. The third-order valence-corrected chi connectivity index (χ3v) is 5.96. The maximum absolute atomic E-state index is 12.8. The van der Waals surface area contributed by atoms with E-state index in [4.69, 9.17) is 4.74 Å². The molecule has 0 fully saturated rings. The molecule has 0 saturated heterocycles. The predicted octanol–water partition coefficient (Wildman–Crippen LogP) is 5.46. The number of fused-ring (bicyclic) bond motifs is 3. The maximum Gasteiger partial charge on any atom is 0.573 e. The maximum atomic E-state index is 12.8. The third kappa shape index (κ3) is 5.40. The lowest BCUT2D eigenvalue weighted by Gasteiger charge is -2.25. The summed E-state index contributed by atoms with van der Waals surface area (Å²) in [6.07, 6.45) is -5.76. The number of carbonyl (C=O) groups excluding carboxylic acids is 1. The van der Waals surface area contributed by atoms with Crippen molar-refractivity contribution in [1.29, 1.82) is 0 Å².